The minimum absolute atomic E-state index is 0. The Morgan fingerprint density at radius 2 is 1.96 bits per heavy atom. The third-order valence-electron chi connectivity index (χ3n) is 3.40. The SMILES string of the molecule is CCCCCNC(=NC)NCc1cccc(OCC(=O)NCC)c1.I. The maximum Gasteiger partial charge on any atom is 0.257 e. The van der Waals surface area contributed by atoms with E-state index in [-0.39, 0.29) is 36.5 Å². The highest BCUT2D eigenvalue weighted by Gasteiger charge is 2.03. The summed E-state index contributed by atoms with van der Waals surface area (Å²) in [6.45, 7) is 6.28. The molecule has 142 valence electrons. The molecule has 0 aliphatic heterocycles. The molecule has 25 heavy (non-hydrogen) atoms. The van der Waals surface area contributed by atoms with Crippen molar-refractivity contribution in [2.24, 2.45) is 4.99 Å². The van der Waals surface area contributed by atoms with Gasteiger partial charge in [-0.25, -0.2) is 0 Å². The topological polar surface area (TPSA) is 74.8 Å². The average molecular weight is 462 g/mol. The summed E-state index contributed by atoms with van der Waals surface area (Å²) in [6.07, 6.45) is 3.56. The van der Waals surface area contributed by atoms with E-state index in [1.807, 2.05) is 31.2 Å². The van der Waals surface area contributed by atoms with Crippen LogP contribution in [0.3, 0.4) is 0 Å². The van der Waals surface area contributed by atoms with Gasteiger partial charge in [-0.05, 0) is 31.0 Å². The summed E-state index contributed by atoms with van der Waals surface area (Å²) in [7, 11) is 1.76. The zero-order valence-corrected chi connectivity index (χ0v) is 17.8. The molecule has 0 saturated heterocycles. The van der Waals surface area contributed by atoms with Crippen molar-refractivity contribution in [3.8, 4) is 5.75 Å². The van der Waals surface area contributed by atoms with E-state index in [1.165, 1.54) is 12.8 Å². The molecule has 1 aromatic carbocycles. The largest absolute Gasteiger partial charge is 0.484 e. The van der Waals surface area contributed by atoms with Gasteiger partial charge in [-0.3, -0.25) is 9.79 Å². The molecule has 1 amide bonds. The van der Waals surface area contributed by atoms with Gasteiger partial charge in [-0.1, -0.05) is 31.9 Å². The summed E-state index contributed by atoms with van der Waals surface area (Å²) in [4.78, 5) is 15.6. The Morgan fingerprint density at radius 1 is 1.16 bits per heavy atom. The van der Waals surface area contributed by atoms with Crippen molar-refractivity contribution >= 4 is 35.8 Å². The van der Waals surface area contributed by atoms with E-state index in [4.69, 9.17) is 4.74 Å². The fourth-order valence-corrected chi connectivity index (χ4v) is 2.13. The molecule has 0 heterocycles. The van der Waals surface area contributed by atoms with Crippen LogP contribution in [0.25, 0.3) is 0 Å². The van der Waals surface area contributed by atoms with Crippen LogP contribution in [0.2, 0.25) is 0 Å². The molecule has 0 aliphatic carbocycles. The van der Waals surface area contributed by atoms with Crippen LogP contribution in [0.4, 0.5) is 0 Å². The van der Waals surface area contributed by atoms with Crippen molar-refractivity contribution < 1.29 is 9.53 Å². The number of ether oxygens (including phenoxy) is 1. The van der Waals surface area contributed by atoms with E-state index in [2.05, 4.69) is 27.9 Å². The molecule has 0 spiro atoms. The third-order valence-corrected chi connectivity index (χ3v) is 3.40. The smallest absolute Gasteiger partial charge is 0.257 e. The number of likely N-dealkylation sites (N-methyl/N-ethyl adjacent to an activating group) is 1. The number of carbonyl (C=O) groups excluding carboxylic acids is 1. The molecule has 1 aromatic rings. The van der Waals surface area contributed by atoms with Crippen molar-refractivity contribution in [1.29, 1.82) is 0 Å². The maximum atomic E-state index is 11.4. The molecular weight excluding hydrogens is 431 g/mol. The molecule has 0 aromatic heterocycles. The predicted molar refractivity (Wildman–Crippen MR) is 114 cm³/mol. The zero-order valence-electron chi connectivity index (χ0n) is 15.4. The zero-order chi connectivity index (χ0) is 17.6. The standard InChI is InChI=1S/C18H30N4O2.HI/c1-4-6-7-11-21-18(19-3)22-13-15-9-8-10-16(12-15)24-14-17(23)20-5-2;/h8-10,12H,4-7,11,13-14H2,1-3H3,(H,20,23)(H2,19,21,22);1H. The fraction of sp³-hybridized carbons (Fsp3) is 0.556. The number of guanidine groups is 1. The minimum atomic E-state index is -0.113. The summed E-state index contributed by atoms with van der Waals surface area (Å²) in [5.41, 5.74) is 1.07. The molecule has 0 saturated carbocycles. The van der Waals surface area contributed by atoms with Crippen molar-refractivity contribution in [3.63, 3.8) is 0 Å². The highest BCUT2D eigenvalue weighted by molar-refractivity contribution is 14.0. The number of carbonyl (C=O) groups is 1. The molecule has 0 radical (unpaired) electrons. The van der Waals surface area contributed by atoms with Gasteiger partial charge < -0.3 is 20.7 Å². The summed E-state index contributed by atoms with van der Waals surface area (Å²) >= 11 is 0. The second-order valence-electron chi connectivity index (χ2n) is 5.45. The van der Waals surface area contributed by atoms with Crippen molar-refractivity contribution in [1.82, 2.24) is 16.0 Å². The van der Waals surface area contributed by atoms with Crippen molar-refractivity contribution in [3.05, 3.63) is 29.8 Å². The van der Waals surface area contributed by atoms with Gasteiger partial charge in [-0.15, -0.1) is 24.0 Å². The highest BCUT2D eigenvalue weighted by atomic mass is 127. The lowest BCUT2D eigenvalue weighted by molar-refractivity contribution is -0.122. The molecule has 0 atom stereocenters. The van der Waals surface area contributed by atoms with Gasteiger partial charge in [0.05, 0.1) is 0 Å². The maximum absolute atomic E-state index is 11.4. The van der Waals surface area contributed by atoms with E-state index in [1.54, 1.807) is 7.05 Å². The molecule has 1 rings (SSSR count). The van der Waals surface area contributed by atoms with Gasteiger partial charge >= 0.3 is 0 Å². The summed E-state index contributed by atoms with van der Waals surface area (Å²) in [6, 6.07) is 7.70. The predicted octanol–water partition coefficient (Wildman–Crippen LogP) is 2.67. The molecule has 0 aliphatic rings. The number of hydrogen-bond acceptors (Lipinski definition) is 3. The van der Waals surface area contributed by atoms with Crippen LogP contribution in [0, 0.1) is 0 Å². The van der Waals surface area contributed by atoms with Crippen LogP contribution in [0.5, 0.6) is 5.75 Å². The quantitative estimate of drug-likeness (QED) is 0.216. The van der Waals surface area contributed by atoms with Crippen LogP contribution in [-0.4, -0.2) is 38.6 Å². The Balaban J connectivity index is 0.00000576. The molecule has 0 unspecified atom stereocenters. The summed E-state index contributed by atoms with van der Waals surface area (Å²) in [5, 5.41) is 9.28. The van der Waals surface area contributed by atoms with Gasteiger partial charge in [-0.2, -0.15) is 0 Å². The van der Waals surface area contributed by atoms with Crippen molar-refractivity contribution in [2.45, 2.75) is 39.7 Å². The van der Waals surface area contributed by atoms with Gasteiger partial charge in [0.25, 0.3) is 5.91 Å². The van der Waals surface area contributed by atoms with Gasteiger partial charge in [0.15, 0.2) is 12.6 Å². The molecule has 0 bridgehead atoms. The molecule has 6 nitrogen and oxygen atoms in total. The average Bonchev–Trinajstić information content (AvgIpc) is 2.60. The first-order valence-corrected chi connectivity index (χ1v) is 8.62. The first-order valence-electron chi connectivity index (χ1n) is 8.62. The number of rotatable bonds is 10. The lowest BCUT2D eigenvalue weighted by Crippen LogP contribution is -2.37. The van der Waals surface area contributed by atoms with Crippen LogP contribution < -0.4 is 20.7 Å². The van der Waals surface area contributed by atoms with Crippen LogP contribution in [0.15, 0.2) is 29.3 Å². The molecular formula is C18H31IN4O2. The number of hydrogen-bond donors (Lipinski definition) is 3. The lowest BCUT2D eigenvalue weighted by Gasteiger charge is -2.12. The van der Waals surface area contributed by atoms with Crippen molar-refractivity contribution in [2.75, 3.05) is 26.7 Å². The number of aliphatic imine (C=N–C) groups is 1. The Morgan fingerprint density at radius 3 is 2.64 bits per heavy atom. The van der Waals surface area contributed by atoms with Gasteiger partial charge in [0, 0.05) is 26.7 Å². The van der Waals surface area contributed by atoms with Gasteiger partial charge in [0.1, 0.15) is 5.75 Å². The second-order valence-corrected chi connectivity index (χ2v) is 5.45. The Kier molecular flexibility index (Phi) is 13.9. The van der Waals surface area contributed by atoms with Crippen LogP contribution in [-0.2, 0) is 11.3 Å². The monoisotopic (exact) mass is 462 g/mol. The van der Waals surface area contributed by atoms with E-state index >= 15 is 0 Å². The van der Waals surface area contributed by atoms with Crippen LogP contribution in [0.1, 0.15) is 38.7 Å². The highest BCUT2D eigenvalue weighted by Crippen LogP contribution is 2.13. The molecule has 7 heteroatoms. The van der Waals surface area contributed by atoms with Crippen LogP contribution >= 0.6 is 24.0 Å². The first kappa shape index (κ1) is 23.5. The number of nitrogens with zero attached hydrogens (tertiary/aromatic N) is 1. The number of unbranched alkanes of at least 4 members (excludes halogenated alkanes) is 2. The van der Waals surface area contributed by atoms with E-state index in [0.29, 0.717) is 18.8 Å². The normalized spacial score (nSPS) is 10.6. The van der Waals surface area contributed by atoms with E-state index in [0.717, 1.165) is 24.5 Å². The van der Waals surface area contributed by atoms with Gasteiger partial charge in [0.2, 0.25) is 0 Å². The number of nitrogens with one attached hydrogen (secondary N) is 3. The molecule has 3 N–H and O–H groups in total. The third kappa shape index (κ3) is 10.9. The Bertz CT molecular complexity index is 524. The fourth-order valence-electron chi connectivity index (χ4n) is 2.13. The number of amides is 1. The second kappa shape index (κ2) is 14.8. The summed E-state index contributed by atoms with van der Waals surface area (Å²) in [5.74, 6) is 1.36. The Hall–Kier alpha value is -1.51. The van der Waals surface area contributed by atoms with E-state index < -0.39 is 0 Å². The molecule has 0 fully saturated rings. The summed E-state index contributed by atoms with van der Waals surface area (Å²) < 4.78 is 5.50. The first-order chi connectivity index (χ1) is 11.7. The Labute approximate surface area is 168 Å². The lowest BCUT2D eigenvalue weighted by atomic mass is 10.2. The van der Waals surface area contributed by atoms with E-state index in [9.17, 15) is 4.79 Å². The number of halogens is 1. The number of benzene rings is 1. The minimum Gasteiger partial charge on any atom is -0.484 e.